The first-order valence-electron chi connectivity index (χ1n) is 7.84. The average Bonchev–Trinajstić information content (AvgIpc) is 3.11. The van der Waals surface area contributed by atoms with E-state index >= 15 is 0 Å². The Morgan fingerprint density at radius 1 is 1.24 bits per heavy atom. The lowest BCUT2D eigenvalue weighted by molar-refractivity contribution is 0.101. The Balaban J connectivity index is 1.87. The second kappa shape index (κ2) is 6.35. The fourth-order valence-corrected chi connectivity index (χ4v) is 2.91. The second-order valence-electron chi connectivity index (χ2n) is 5.96. The number of nitrogens with zero attached hydrogens (tertiary/aromatic N) is 3. The van der Waals surface area contributed by atoms with E-state index < -0.39 is 0 Å². The molecule has 0 fully saturated rings. The number of aromatic amines is 1. The number of benzene rings is 1. The van der Waals surface area contributed by atoms with Crippen LogP contribution in [0.15, 0.2) is 30.6 Å². The third kappa shape index (κ3) is 3.21. The quantitative estimate of drug-likeness (QED) is 0.716. The fourth-order valence-electron chi connectivity index (χ4n) is 2.91. The maximum Gasteiger partial charge on any atom is 0.272 e. The zero-order valence-corrected chi connectivity index (χ0v) is 14.5. The molecule has 1 aromatic carbocycles. The van der Waals surface area contributed by atoms with Crippen LogP contribution >= 0.6 is 0 Å². The highest BCUT2D eigenvalue weighted by atomic mass is 16.2. The van der Waals surface area contributed by atoms with Crippen molar-refractivity contribution in [3.05, 3.63) is 53.1 Å². The van der Waals surface area contributed by atoms with Crippen LogP contribution in [0.5, 0.6) is 0 Å². The molecule has 7 nitrogen and oxygen atoms in total. The highest BCUT2D eigenvalue weighted by molar-refractivity contribution is 6.07. The molecular formula is C18H19N5O2. The van der Waals surface area contributed by atoms with E-state index in [4.69, 9.17) is 0 Å². The van der Waals surface area contributed by atoms with Gasteiger partial charge in [0, 0.05) is 29.6 Å². The number of carbonyl (C=O) groups excluding carboxylic acids is 2. The first kappa shape index (κ1) is 16.6. The van der Waals surface area contributed by atoms with Crippen LogP contribution in [0.25, 0.3) is 11.4 Å². The number of rotatable bonds is 4. The molecule has 25 heavy (non-hydrogen) atoms. The minimum atomic E-state index is -0.292. The molecule has 0 aliphatic heterocycles. The van der Waals surface area contributed by atoms with Gasteiger partial charge in [-0.3, -0.25) is 14.3 Å². The lowest BCUT2D eigenvalue weighted by atomic mass is 10.1. The minimum Gasteiger partial charge on any atom is -0.354 e. The van der Waals surface area contributed by atoms with Crippen LogP contribution in [0.4, 0.5) is 5.69 Å². The molecule has 0 atom stereocenters. The lowest BCUT2D eigenvalue weighted by Gasteiger charge is -2.06. The largest absolute Gasteiger partial charge is 0.354 e. The summed E-state index contributed by atoms with van der Waals surface area (Å²) in [5.41, 5.74) is 3.75. The summed E-state index contributed by atoms with van der Waals surface area (Å²) in [4.78, 5) is 31.5. The van der Waals surface area contributed by atoms with Crippen molar-refractivity contribution in [2.45, 2.75) is 20.8 Å². The van der Waals surface area contributed by atoms with Crippen molar-refractivity contribution in [2.24, 2.45) is 7.05 Å². The van der Waals surface area contributed by atoms with E-state index in [0.29, 0.717) is 34.0 Å². The third-order valence-corrected chi connectivity index (χ3v) is 3.99. The van der Waals surface area contributed by atoms with E-state index in [9.17, 15) is 9.59 Å². The van der Waals surface area contributed by atoms with Crippen LogP contribution in [0, 0.1) is 13.8 Å². The fraction of sp³-hybridized carbons (Fsp3) is 0.222. The van der Waals surface area contributed by atoms with Crippen molar-refractivity contribution in [1.82, 2.24) is 19.7 Å². The molecule has 0 saturated carbocycles. The average molecular weight is 337 g/mol. The van der Waals surface area contributed by atoms with Crippen LogP contribution in [0.1, 0.15) is 39.0 Å². The molecule has 128 valence electrons. The minimum absolute atomic E-state index is 0.0616. The van der Waals surface area contributed by atoms with Gasteiger partial charge in [-0.15, -0.1) is 0 Å². The number of carbonyl (C=O) groups is 2. The number of H-pyrrole nitrogens is 1. The van der Waals surface area contributed by atoms with E-state index in [1.54, 1.807) is 38.0 Å². The van der Waals surface area contributed by atoms with Gasteiger partial charge in [-0.2, -0.15) is 5.10 Å². The van der Waals surface area contributed by atoms with E-state index in [2.05, 4.69) is 20.4 Å². The third-order valence-electron chi connectivity index (χ3n) is 3.99. The number of anilines is 1. The highest BCUT2D eigenvalue weighted by Gasteiger charge is 2.20. The number of hydrogen-bond acceptors (Lipinski definition) is 4. The highest BCUT2D eigenvalue weighted by Crippen LogP contribution is 2.22. The van der Waals surface area contributed by atoms with Gasteiger partial charge < -0.3 is 10.3 Å². The Morgan fingerprint density at radius 2 is 2.00 bits per heavy atom. The number of amides is 1. The Kier molecular flexibility index (Phi) is 4.22. The summed E-state index contributed by atoms with van der Waals surface area (Å²) in [7, 11) is 1.80. The van der Waals surface area contributed by atoms with Crippen LogP contribution in [-0.2, 0) is 7.05 Å². The van der Waals surface area contributed by atoms with Crippen molar-refractivity contribution >= 4 is 17.4 Å². The van der Waals surface area contributed by atoms with Crippen LogP contribution in [-0.4, -0.2) is 31.4 Å². The molecule has 0 unspecified atom stereocenters. The van der Waals surface area contributed by atoms with Gasteiger partial charge in [-0.1, -0.05) is 12.1 Å². The molecule has 0 bridgehead atoms. The Labute approximate surface area is 145 Å². The maximum atomic E-state index is 12.6. The summed E-state index contributed by atoms with van der Waals surface area (Å²) in [5, 5.41) is 7.11. The summed E-state index contributed by atoms with van der Waals surface area (Å²) < 4.78 is 1.62. The molecule has 0 aliphatic carbocycles. The first-order valence-corrected chi connectivity index (χ1v) is 7.84. The number of hydrogen-bond donors (Lipinski definition) is 2. The molecule has 2 N–H and O–H groups in total. The number of aromatic nitrogens is 4. The molecule has 3 rings (SSSR count). The standard InChI is InChI=1S/C18H19N5O2/c1-10-15(12(3)24)11(2)20-16(10)18(25)21-14-7-5-6-13(8-14)17-19-9-23(4)22-17/h5-9,20H,1-4H3,(H,21,25). The molecule has 0 aliphatic rings. The topological polar surface area (TPSA) is 92.7 Å². The monoisotopic (exact) mass is 337 g/mol. The van der Waals surface area contributed by atoms with E-state index in [0.717, 1.165) is 5.56 Å². The van der Waals surface area contributed by atoms with Crippen LogP contribution in [0.3, 0.4) is 0 Å². The molecular weight excluding hydrogens is 318 g/mol. The van der Waals surface area contributed by atoms with Gasteiger partial charge in [0.25, 0.3) is 5.91 Å². The van der Waals surface area contributed by atoms with Crippen molar-refractivity contribution in [3.63, 3.8) is 0 Å². The molecule has 2 aromatic heterocycles. The summed E-state index contributed by atoms with van der Waals surface area (Å²) in [6.45, 7) is 5.05. The molecule has 2 heterocycles. The number of Topliss-reactive ketones (excluding diaryl/α,β-unsaturated/α-hetero) is 1. The van der Waals surface area contributed by atoms with Gasteiger partial charge in [0.15, 0.2) is 11.6 Å². The maximum absolute atomic E-state index is 12.6. The smallest absolute Gasteiger partial charge is 0.272 e. The zero-order chi connectivity index (χ0) is 18.1. The molecule has 0 spiro atoms. The summed E-state index contributed by atoms with van der Waals surface area (Å²) >= 11 is 0. The molecule has 3 aromatic rings. The van der Waals surface area contributed by atoms with E-state index in [1.807, 2.05) is 18.2 Å². The van der Waals surface area contributed by atoms with Gasteiger partial charge in [-0.05, 0) is 38.5 Å². The molecule has 0 radical (unpaired) electrons. The predicted molar refractivity (Wildman–Crippen MR) is 94.7 cm³/mol. The Bertz CT molecular complexity index is 968. The normalized spacial score (nSPS) is 10.7. The van der Waals surface area contributed by atoms with Gasteiger partial charge >= 0.3 is 0 Å². The second-order valence-corrected chi connectivity index (χ2v) is 5.96. The number of aryl methyl sites for hydroxylation is 2. The Hall–Kier alpha value is -3.22. The van der Waals surface area contributed by atoms with Crippen LogP contribution < -0.4 is 5.32 Å². The van der Waals surface area contributed by atoms with Crippen molar-refractivity contribution in [2.75, 3.05) is 5.32 Å². The van der Waals surface area contributed by atoms with Crippen molar-refractivity contribution < 1.29 is 9.59 Å². The SMILES string of the molecule is CC(=O)c1c(C)[nH]c(C(=O)Nc2cccc(-c3ncn(C)n3)c2)c1C. The predicted octanol–water partition coefficient (Wildman–Crippen LogP) is 2.88. The zero-order valence-electron chi connectivity index (χ0n) is 14.5. The number of ketones is 1. The summed E-state index contributed by atoms with van der Waals surface area (Å²) in [5.74, 6) is 0.233. The molecule has 7 heteroatoms. The first-order chi connectivity index (χ1) is 11.9. The van der Waals surface area contributed by atoms with Gasteiger partial charge in [-0.25, -0.2) is 4.98 Å². The van der Waals surface area contributed by atoms with E-state index in [1.165, 1.54) is 6.92 Å². The Morgan fingerprint density at radius 3 is 2.60 bits per heavy atom. The van der Waals surface area contributed by atoms with Gasteiger partial charge in [0.05, 0.1) is 0 Å². The van der Waals surface area contributed by atoms with Crippen LogP contribution in [0.2, 0.25) is 0 Å². The lowest BCUT2D eigenvalue weighted by Crippen LogP contribution is -2.14. The van der Waals surface area contributed by atoms with Gasteiger partial charge in [0.1, 0.15) is 12.0 Å². The number of nitrogens with one attached hydrogen (secondary N) is 2. The van der Waals surface area contributed by atoms with Gasteiger partial charge in [0.2, 0.25) is 0 Å². The molecule has 0 saturated heterocycles. The summed E-state index contributed by atoms with van der Waals surface area (Å²) in [6.07, 6.45) is 1.62. The van der Waals surface area contributed by atoms with Crippen molar-refractivity contribution in [1.29, 1.82) is 0 Å². The van der Waals surface area contributed by atoms with Crippen molar-refractivity contribution in [3.8, 4) is 11.4 Å². The summed E-state index contributed by atoms with van der Waals surface area (Å²) in [6, 6.07) is 7.31. The van der Waals surface area contributed by atoms with E-state index in [-0.39, 0.29) is 11.7 Å². The molecule has 1 amide bonds.